The van der Waals surface area contributed by atoms with E-state index in [9.17, 15) is 4.39 Å². The fourth-order valence-corrected chi connectivity index (χ4v) is 2.10. The molecular weight excluding hydrogens is 265 g/mol. The molecule has 2 rings (SSSR count). The number of rotatable bonds is 6. The van der Waals surface area contributed by atoms with E-state index in [1.807, 2.05) is 12.3 Å². The van der Waals surface area contributed by atoms with Gasteiger partial charge in [0.25, 0.3) is 0 Å². The second kappa shape index (κ2) is 7.18. The zero-order valence-corrected chi connectivity index (χ0v) is 12.8. The maximum absolute atomic E-state index is 13.0. The van der Waals surface area contributed by atoms with Crippen LogP contribution >= 0.6 is 0 Å². The molecule has 0 fully saturated rings. The molecule has 112 valence electrons. The summed E-state index contributed by atoms with van der Waals surface area (Å²) in [5, 5.41) is 3.37. The molecular formula is C17H22FN3. The number of hydrogen-bond donors (Lipinski definition) is 1. The van der Waals surface area contributed by atoms with E-state index in [0.717, 1.165) is 30.2 Å². The van der Waals surface area contributed by atoms with Gasteiger partial charge in [0, 0.05) is 31.0 Å². The second-order valence-corrected chi connectivity index (χ2v) is 5.28. The molecule has 0 saturated heterocycles. The van der Waals surface area contributed by atoms with Crippen LogP contribution in [-0.2, 0) is 6.54 Å². The molecule has 0 amide bonds. The van der Waals surface area contributed by atoms with Crippen molar-refractivity contribution in [3.05, 3.63) is 54.0 Å². The van der Waals surface area contributed by atoms with Crippen LogP contribution in [0.25, 0.3) is 0 Å². The predicted molar refractivity (Wildman–Crippen MR) is 85.3 cm³/mol. The third kappa shape index (κ3) is 4.26. The minimum atomic E-state index is -0.224. The summed E-state index contributed by atoms with van der Waals surface area (Å²) in [5.41, 5.74) is 2.10. The quantitative estimate of drug-likeness (QED) is 0.874. The van der Waals surface area contributed by atoms with Gasteiger partial charge in [-0.05, 0) is 42.8 Å². The second-order valence-electron chi connectivity index (χ2n) is 5.28. The minimum Gasteiger partial charge on any atom is -0.327 e. The summed E-state index contributed by atoms with van der Waals surface area (Å²) < 4.78 is 13.0. The maximum Gasteiger partial charge on any atom is 0.132 e. The van der Waals surface area contributed by atoms with E-state index in [1.54, 1.807) is 12.1 Å². The summed E-state index contributed by atoms with van der Waals surface area (Å²) in [7, 11) is 0. The van der Waals surface area contributed by atoms with Crippen molar-refractivity contribution >= 4 is 11.5 Å². The first kappa shape index (κ1) is 15.4. The van der Waals surface area contributed by atoms with Gasteiger partial charge in [0.1, 0.15) is 11.6 Å². The van der Waals surface area contributed by atoms with Crippen LogP contribution in [0.4, 0.5) is 15.9 Å². The Balaban J connectivity index is 2.13. The van der Waals surface area contributed by atoms with Crippen molar-refractivity contribution < 1.29 is 4.39 Å². The first-order valence-corrected chi connectivity index (χ1v) is 7.31. The Morgan fingerprint density at radius 1 is 1.14 bits per heavy atom. The number of nitrogens with zero attached hydrogens (tertiary/aromatic N) is 2. The highest BCUT2D eigenvalue weighted by Crippen LogP contribution is 2.23. The van der Waals surface area contributed by atoms with Crippen molar-refractivity contribution in [1.82, 2.24) is 10.3 Å². The van der Waals surface area contributed by atoms with Crippen molar-refractivity contribution in [2.24, 2.45) is 0 Å². The van der Waals surface area contributed by atoms with E-state index in [4.69, 9.17) is 0 Å². The average molecular weight is 287 g/mol. The van der Waals surface area contributed by atoms with E-state index >= 15 is 0 Å². The van der Waals surface area contributed by atoms with Crippen LogP contribution in [0.5, 0.6) is 0 Å². The number of benzene rings is 1. The molecule has 0 radical (unpaired) electrons. The fraction of sp³-hybridized carbons (Fsp3) is 0.353. The molecule has 3 nitrogen and oxygen atoms in total. The molecule has 0 unspecified atom stereocenters. The molecule has 0 aliphatic heterocycles. The first-order chi connectivity index (χ1) is 10.1. The predicted octanol–water partition coefficient (Wildman–Crippen LogP) is 3.88. The van der Waals surface area contributed by atoms with Gasteiger partial charge in [-0.1, -0.05) is 19.9 Å². The van der Waals surface area contributed by atoms with Crippen LogP contribution in [0.15, 0.2) is 42.6 Å². The molecule has 0 spiro atoms. The van der Waals surface area contributed by atoms with Gasteiger partial charge in [-0.2, -0.15) is 0 Å². The van der Waals surface area contributed by atoms with E-state index in [1.165, 1.54) is 12.1 Å². The summed E-state index contributed by atoms with van der Waals surface area (Å²) in [4.78, 5) is 6.57. The number of pyridine rings is 1. The van der Waals surface area contributed by atoms with Gasteiger partial charge < -0.3 is 10.2 Å². The van der Waals surface area contributed by atoms with Crippen LogP contribution in [0.2, 0.25) is 0 Å². The Bertz CT molecular complexity index is 549. The van der Waals surface area contributed by atoms with Crippen LogP contribution in [-0.4, -0.2) is 17.6 Å². The third-order valence-corrected chi connectivity index (χ3v) is 3.25. The van der Waals surface area contributed by atoms with Crippen LogP contribution in [0.3, 0.4) is 0 Å². The number of hydrogen-bond acceptors (Lipinski definition) is 3. The summed E-state index contributed by atoms with van der Waals surface area (Å²) >= 11 is 0. The topological polar surface area (TPSA) is 28.2 Å². The highest BCUT2D eigenvalue weighted by molar-refractivity contribution is 5.59. The zero-order valence-electron chi connectivity index (χ0n) is 12.8. The Kier molecular flexibility index (Phi) is 5.28. The van der Waals surface area contributed by atoms with Gasteiger partial charge >= 0.3 is 0 Å². The number of nitrogens with one attached hydrogen (secondary N) is 1. The highest BCUT2D eigenvalue weighted by atomic mass is 19.1. The number of halogens is 1. The Hall–Kier alpha value is -1.94. The molecule has 4 heteroatoms. The van der Waals surface area contributed by atoms with E-state index in [0.29, 0.717) is 6.04 Å². The molecule has 0 aliphatic carbocycles. The SMILES string of the molecule is CCN(c1ccc(F)cc1)c1ccc(CNC(C)C)cn1. The molecule has 0 atom stereocenters. The van der Waals surface area contributed by atoms with Gasteiger partial charge in [0.15, 0.2) is 0 Å². The van der Waals surface area contributed by atoms with Gasteiger partial charge in [0.2, 0.25) is 0 Å². The normalized spacial score (nSPS) is 10.9. The van der Waals surface area contributed by atoms with Crippen LogP contribution in [0, 0.1) is 5.82 Å². The zero-order chi connectivity index (χ0) is 15.2. The molecule has 1 aromatic heterocycles. The summed E-state index contributed by atoms with van der Waals surface area (Å²) in [6, 6.07) is 11.0. The average Bonchev–Trinajstić information content (AvgIpc) is 2.49. The molecule has 2 aromatic rings. The lowest BCUT2D eigenvalue weighted by Crippen LogP contribution is -2.22. The summed E-state index contributed by atoms with van der Waals surface area (Å²) in [5.74, 6) is 0.648. The lowest BCUT2D eigenvalue weighted by molar-refractivity contribution is 0.588. The van der Waals surface area contributed by atoms with Crippen LogP contribution in [0.1, 0.15) is 26.3 Å². The lowest BCUT2D eigenvalue weighted by Gasteiger charge is -2.22. The first-order valence-electron chi connectivity index (χ1n) is 7.31. The van der Waals surface area contributed by atoms with E-state index in [-0.39, 0.29) is 5.82 Å². The monoisotopic (exact) mass is 287 g/mol. The van der Waals surface area contributed by atoms with E-state index < -0.39 is 0 Å². The molecule has 0 saturated carbocycles. The van der Waals surface area contributed by atoms with Gasteiger partial charge in [-0.3, -0.25) is 0 Å². The van der Waals surface area contributed by atoms with Crippen molar-refractivity contribution in [3.8, 4) is 0 Å². The maximum atomic E-state index is 13.0. The lowest BCUT2D eigenvalue weighted by atomic mass is 10.2. The fourth-order valence-electron chi connectivity index (χ4n) is 2.10. The highest BCUT2D eigenvalue weighted by Gasteiger charge is 2.08. The molecule has 0 bridgehead atoms. The molecule has 21 heavy (non-hydrogen) atoms. The smallest absolute Gasteiger partial charge is 0.132 e. The largest absolute Gasteiger partial charge is 0.327 e. The van der Waals surface area contributed by atoms with E-state index in [2.05, 4.69) is 42.0 Å². The Labute approximate surface area is 125 Å². The van der Waals surface area contributed by atoms with Gasteiger partial charge in [0.05, 0.1) is 0 Å². The Morgan fingerprint density at radius 2 is 1.86 bits per heavy atom. The third-order valence-electron chi connectivity index (χ3n) is 3.25. The molecule has 1 aromatic carbocycles. The summed E-state index contributed by atoms with van der Waals surface area (Å²) in [6.07, 6.45) is 1.89. The molecule has 1 N–H and O–H groups in total. The van der Waals surface area contributed by atoms with Gasteiger partial charge in [-0.15, -0.1) is 0 Å². The van der Waals surface area contributed by atoms with Crippen molar-refractivity contribution in [3.63, 3.8) is 0 Å². The number of aromatic nitrogens is 1. The molecule has 0 aliphatic rings. The van der Waals surface area contributed by atoms with Gasteiger partial charge in [-0.25, -0.2) is 9.37 Å². The summed E-state index contributed by atoms with van der Waals surface area (Å²) in [6.45, 7) is 7.89. The van der Waals surface area contributed by atoms with Crippen molar-refractivity contribution in [2.75, 3.05) is 11.4 Å². The minimum absolute atomic E-state index is 0.224. The van der Waals surface area contributed by atoms with Crippen molar-refractivity contribution in [1.29, 1.82) is 0 Å². The van der Waals surface area contributed by atoms with Crippen molar-refractivity contribution in [2.45, 2.75) is 33.4 Å². The Morgan fingerprint density at radius 3 is 2.38 bits per heavy atom. The standard InChI is InChI=1S/C17H22FN3/c1-4-21(16-8-6-15(18)7-9-16)17-10-5-14(12-20-17)11-19-13(2)3/h5-10,12-13,19H,4,11H2,1-3H3. The number of anilines is 2. The molecule has 1 heterocycles. The van der Waals surface area contributed by atoms with Crippen LogP contribution < -0.4 is 10.2 Å².